The Hall–Kier alpha value is -2.73. The van der Waals surface area contributed by atoms with Crippen molar-refractivity contribution in [2.24, 2.45) is 0 Å². The molecule has 0 bridgehead atoms. The first kappa shape index (κ1) is 22.9. The summed E-state index contributed by atoms with van der Waals surface area (Å²) in [7, 11) is 3.06. The quantitative estimate of drug-likeness (QED) is 0.653. The molecule has 1 aliphatic rings. The zero-order valence-corrected chi connectivity index (χ0v) is 18.9. The second-order valence-corrected chi connectivity index (χ2v) is 8.17. The number of hydrogen-bond donors (Lipinski definition) is 1. The maximum Gasteiger partial charge on any atom is 0.254 e. The first-order valence-corrected chi connectivity index (χ1v) is 10.9. The van der Waals surface area contributed by atoms with Crippen molar-refractivity contribution in [3.8, 4) is 11.5 Å². The summed E-state index contributed by atoms with van der Waals surface area (Å²) in [5.41, 5.74) is 1.18. The number of halogens is 1. The lowest BCUT2D eigenvalue weighted by Gasteiger charge is -2.30. The van der Waals surface area contributed by atoms with E-state index in [2.05, 4.69) is 5.32 Å². The molecule has 166 valence electrons. The molecule has 31 heavy (non-hydrogen) atoms. The molecule has 6 nitrogen and oxygen atoms in total. The van der Waals surface area contributed by atoms with Gasteiger partial charge in [-0.1, -0.05) is 42.6 Å². The van der Waals surface area contributed by atoms with Crippen LogP contribution in [0.4, 0.5) is 0 Å². The van der Waals surface area contributed by atoms with Gasteiger partial charge in [-0.05, 0) is 49.6 Å². The lowest BCUT2D eigenvalue weighted by molar-refractivity contribution is -0.126. The van der Waals surface area contributed by atoms with Crippen molar-refractivity contribution in [2.75, 3.05) is 14.2 Å². The molecule has 1 saturated carbocycles. The van der Waals surface area contributed by atoms with Crippen LogP contribution in [-0.4, -0.2) is 43.0 Å². The molecule has 0 aliphatic heterocycles. The summed E-state index contributed by atoms with van der Waals surface area (Å²) in [6.07, 6.45) is 4.19. The number of benzene rings is 2. The van der Waals surface area contributed by atoms with E-state index in [9.17, 15) is 9.59 Å². The van der Waals surface area contributed by atoms with Crippen molar-refractivity contribution in [3.63, 3.8) is 0 Å². The van der Waals surface area contributed by atoms with Gasteiger partial charge in [0.2, 0.25) is 5.91 Å². The molecule has 2 aromatic carbocycles. The van der Waals surface area contributed by atoms with Gasteiger partial charge in [-0.25, -0.2) is 0 Å². The minimum atomic E-state index is -0.669. The number of hydrogen-bond acceptors (Lipinski definition) is 4. The Balaban J connectivity index is 1.89. The van der Waals surface area contributed by atoms with Gasteiger partial charge in [0, 0.05) is 23.2 Å². The van der Waals surface area contributed by atoms with Crippen molar-refractivity contribution in [3.05, 3.63) is 58.6 Å². The Morgan fingerprint density at radius 1 is 1.10 bits per heavy atom. The maximum atomic E-state index is 13.5. The van der Waals surface area contributed by atoms with Crippen LogP contribution in [0.2, 0.25) is 5.02 Å². The summed E-state index contributed by atoms with van der Waals surface area (Å²) < 4.78 is 10.6. The highest BCUT2D eigenvalue weighted by Gasteiger charge is 2.30. The smallest absolute Gasteiger partial charge is 0.254 e. The lowest BCUT2D eigenvalue weighted by Crippen LogP contribution is -2.49. The maximum absolute atomic E-state index is 13.5. The van der Waals surface area contributed by atoms with Crippen molar-refractivity contribution < 1.29 is 19.1 Å². The summed E-state index contributed by atoms with van der Waals surface area (Å²) in [4.78, 5) is 28.1. The van der Waals surface area contributed by atoms with Gasteiger partial charge in [0.05, 0.1) is 14.2 Å². The fourth-order valence-electron chi connectivity index (χ4n) is 3.86. The van der Waals surface area contributed by atoms with Crippen LogP contribution >= 0.6 is 11.6 Å². The van der Waals surface area contributed by atoms with Gasteiger partial charge >= 0.3 is 0 Å². The zero-order valence-electron chi connectivity index (χ0n) is 18.2. The highest BCUT2D eigenvalue weighted by atomic mass is 35.5. The molecule has 2 aromatic rings. The minimum Gasteiger partial charge on any atom is -0.493 e. The monoisotopic (exact) mass is 444 g/mol. The largest absolute Gasteiger partial charge is 0.493 e. The molecule has 1 fully saturated rings. The molecular weight excluding hydrogens is 416 g/mol. The van der Waals surface area contributed by atoms with Crippen LogP contribution in [0.25, 0.3) is 0 Å². The third-order valence-corrected chi connectivity index (χ3v) is 6.11. The average molecular weight is 445 g/mol. The molecule has 1 aliphatic carbocycles. The van der Waals surface area contributed by atoms with Gasteiger partial charge < -0.3 is 19.7 Å². The van der Waals surface area contributed by atoms with Crippen molar-refractivity contribution in [1.29, 1.82) is 0 Å². The van der Waals surface area contributed by atoms with E-state index in [1.807, 2.05) is 18.2 Å². The number of carbonyl (C=O) groups excluding carboxylic acids is 2. The van der Waals surface area contributed by atoms with E-state index in [1.165, 1.54) is 7.11 Å². The summed E-state index contributed by atoms with van der Waals surface area (Å²) in [5.74, 6) is 0.542. The molecule has 0 spiro atoms. The minimum absolute atomic E-state index is 0.159. The molecule has 0 unspecified atom stereocenters. The van der Waals surface area contributed by atoms with Gasteiger partial charge in [-0.15, -0.1) is 0 Å². The van der Waals surface area contributed by atoms with E-state index >= 15 is 0 Å². The molecule has 1 atom stereocenters. The van der Waals surface area contributed by atoms with Crippen LogP contribution in [0, 0.1) is 0 Å². The number of carbonyl (C=O) groups is 2. The van der Waals surface area contributed by atoms with Crippen molar-refractivity contribution >= 4 is 23.4 Å². The molecule has 1 N–H and O–H groups in total. The summed E-state index contributed by atoms with van der Waals surface area (Å²) in [6.45, 7) is 1.96. The van der Waals surface area contributed by atoms with Gasteiger partial charge in [0.15, 0.2) is 11.5 Å². The standard InChI is InChI=1S/C24H29ClN2O4/c1-16(23(28)26-19-9-5-6-10-19)27(15-18-8-4-7-11-20(18)25)24(29)17-12-13-21(30-2)22(14-17)31-3/h4,7-8,11-14,16,19H,5-6,9-10,15H2,1-3H3,(H,26,28)/t16-/m1/s1. The fourth-order valence-corrected chi connectivity index (χ4v) is 4.06. The van der Waals surface area contributed by atoms with E-state index in [1.54, 1.807) is 43.2 Å². The Labute approximate surface area is 188 Å². The van der Waals surface area contributed by atoms with Crippen LogP contribution in [0.15, 0.2) is 42.5 Å². The Morgan fingerprint density at radius 2 is 1.77 bits per heavy atom. The van der Waals surface area contributed by atoms with Gasteiger partial charge in [0.25, 0.3) is 5.91 Å². The number of nitrogens with one attached hydrogen (secondary N) is 1. The SMILES string of the molecule is COc1ccc(C(=O)N(Cc2ccccc2Cl)[C@H](C)C(=O)NC2CCCC2)cc1OC. The van der Waals surface area contributed by atoms with Crippen LogP contribution in [0.5, 0.6) is 11.5 Å². The number of ether oxygens (including phenoxy) is 2. The first-order valence-electron chi connectivity index (χ1n) is 10.5. The van der Waals surface area contributed by atoms with Gasteiger partial charge in [-0.2, -0.15) is 0 Å². The predicted molar refractivity (Wildman–Crippen MR) is 121 cm³/mol. The molecular formula is C24H29ClN2O4. The van der Waals surface area contributed by atoms with Crippen LogP contribution in [0.1, 0.15) is 48.5 Å². The molecule has 2 amide bonds. The van der Waals surface area contributed by atoms with Crippen LogP contribution in [0.3, 0.4) is 0 Å². The number of nitrogens with zero attached hydrogens (tertiary/aromatic N) is 1. The molecule has 0 radical (unpaired) electrons. The topological polar surface area (TPSA) is 67.9 Å². The van der Waals surface area contributed by atoms with Crippen LogP contribution < -0.4 is 14.8 Å². The van der Waals surface area contributed by atoms with Gasteiger partial charge in [-0.3, -0.25) is 9.59 Å². The van der Waals surface area contributed by atoms with Crippen molar-refractivity contribution in [2.45, 2.75) is 51.2 Å². The second kappa shape index (κ2) is 10.5. The fraction of sp³-hybridized carbons (Fsp3) is 0.417. The van der Waals surface area contributed by atoms with Crippen molar-refractivity contribution in [1.82, 2.24) is 10.2 Å². The average Bonchev–Trinajstić information content (AvgIpc) is 3.30. The molecule has 0 aromatic heterocycles. The van der Waals surface area contributed by atoms with E-state index in [0.717, 1.165) is 31.2 Å². The molecule has 3 rings (SSSR count). The number of amides is 2. The summed E-state index contributed by atoms with van der Waals surface area (Å²) in [5, 5.41) is 3.65. The number of rotatable bonds is 8. The Bertz CT molecular complexity index is 928. The van der Waals surface area contributed by atoms with E-state index in [-0.39, 0.29) is 24.4 Å². The van der Waals surface area contributed by atoms with Gasteiger partial charge in [0.1, 0.15) is 6.04 Å². The molecule has 7 heteroatoms. The normalized spacial score (nSPS) is 14.7. The second-order valence-electron chi connectivity index (χ2n) is 7.76. The highest BCUT2D eigenvalue weighted by Crippen LogP contribution is 2.29. The van der Waals surface area contributed by atoms with Crippen LogP contribution in [-0.2, 0) is 11.3 Å². The third kappa shape index (κ3) is 5.50. The third-order valence-electron chi connectivity index (χ3n) is 5.74. The lowest BCUT2D eigenvalue weighted by atomic mass is 10.1. The molecule has 0 saturated heterocycles. The Morgan fingerprint density at radius 3 is 2.42 bits per heavy atom. The highest BCUT2D eigenvalue weighted by molar-refractivity contribution is 6.31. The van der Waals surface area contributed by atoms with E-state index in [4.69, 9.17) is 21.1 Å². The Kier molecular flexibility index (Phi) is 7.80. The summed E-state index contributed by atoms with van der Waals surface area (Å²) in [6, 6.07) is 11.8. The summed E-state index contributed by atoms with van der Waals surface area (Å²) >= 11 is 6.35. The first-order chi connectivity index (χ1) is 14.9. The van der Waals surface area contributed by atoms with E-state index in [0.29, 0.717) is 22.1 Å². The predicted octanol–water partition coefficient (Wildman–Crippen LogP) is 4.45. The molecule has 0 heterocycles. The number of methoxy groups -OCH3 is 2. The zero-order chi connectivity index (χ0) is 22.4. The van der Waals surface area contributed by atoms with E-state index < -0.39 is 6.04 Å².